The summed E-state index contributed by atoms with van der Waals surface area (Å²) >= 11 is 0. The Morgan fingerprint density at radius 1 is 1.75 bits per heavy atom. The first-order chi connectivity index (χ1) is 5.53. The maximum Gasteiger partial charge on any atom is 0.230 e. The molecule has 12 heavy (non-hydrogen) atoms. The summed E-state index contributed by atoms with van der Waals surface area (Å²) in [6.07, 6.45) is 1.24. The molecule has 1 heterocycles. The van der Waals surface area contributed by atoms with E-state index < -0.39 is 5.67 Å². The Labute approximate surface area is 69.6 Å². The van der Waals surface area contributed by atoms with Crippen molar-refractivity contribution in [2.75, 3.05) is 0 Å². The molecule has 64 valence electrons. The van der Waals surface area contributed by atoms with Crippen LogP contribution in [0.15, 0.2) is 6.33 Å². The molecule has 0 bridgehead atoms. The highest BCUT2D eigenvalue weighted by atomic mass is 19.1. The highest BCUT2D eigenvalue weighted by Gasteiger charge is 2.18. The van der Waals surface area contributed by atoms with Gasteiger partial charge in [0.05, 0.1) is 6.54 Å². The van der Waals surface area contributed by atoms with E-state index in [9.17, 15) is 4.39 Å². The monoisotopic (exact) mass is 168 g/mol. The standard InChI is InChI=1S/C7H9FN4/c1-7(2,8)4-12-6(3-9)10-5-11-12/h5H,4H2,1-2H3. The smallest absolute Gasteiger partial charge is 0.230 e. The van der Waals surface area contributed by atoms with Crippen molar-refractivity contribution in [1.29, 1.82) is 5.26 Å². The van der Waals surface area contributed by atoms with Crippen molar-refractivity contribution in [3.63, 3.8) is 0 Å². The highest BCUT2D eigenvalue weighted by Crippen LogP contribution is 2.11. The number of aromatic nitrogens is 3. The van der Waals surface area contributed by atoms with Gasteiger partial charge < -0.3 is 0 Å². The molecule has 0 aliphatic heterocycles. The van der Waals surface area contributed by atoms with Gasteiger partial charge in [-0.1, -0.05) is 0 Å². The van der Waals surface area contributed by atoms with E-state index in [1.807, 2.05) is 6.07 Å². The van der Waals surface area contributed by atoms with Gasteiger partial charge in [0, 0.05) is 0 Å². The van der Waals surface area contributed by atoms with Crippen molar-refractivity contribution in [2.45, 2.75) is 26.1 Å². The fourth-order valence-electron chi connectivity index (χ4n) is 0.823. The minimum atomic E-state index is -1.38. The number of nitrogens with zero attached hydrogens (tertiary/aromatic N) is 4. The van der Waals surface area contributed by atoms with Crippen molar-refractivity contribution >= 4 is 0 Å². The lowest BCUT2D eigenvalue weighted by molar-refractivity contribution is 0.178. The van der Waals surface area contributed by atoms with Gasteiger partial charge in [0.15, 0.2) is 0 Å². The van der Waals surface area contributed by atoms with Gasteiger partial charge in [-0.25, -0.2) is 14.1 Å². The van der Waals surface area contributed by atoms with Gasteiger partial charge in [-0.15, -0.1) is 0 Å². The third kappa shape index (κ3) is 2.02. The van der Waals surface area contributed by atoms with Crippen molar-refractivity contribution in [3.05, 3.63) is 12.2 Å². The van der Waals surface area contributed by atoms with Gasteiger partial charge in [-0.3, -0.25) is 0 Å². The molecule has 0 aliphatic rings. The summed E-state index contributed by atoms with van der Waals surface area (Å²) in [6, 6.07) is 1.82. The van der Waals surface area contributed by atoms with E-state index >= 15 is 0 Å². The largest absolute Gasteiger partial charge is 0.242 e. The van der Waals surface area contributed by atoms with Crippen LogP contribution in [0.3, 0.4) is 0 Å². The molecule has 0 saturated heterocycles. The van der Waals surface area contributed by atoms with Crippen LogP contribution in [0.5, 0.6) is 0 Å². The average Bonchev–Trinajstić information content (AvgIpc) is 2.31. The zero-order valence-corrected chi connectivity index (χ0v) is 6.95. The number of hydrogen-bond acceptors (Lipinski definition) is 3. The number of halogens is 1. The average molecular weight is 168 g/mol. The molecule has 0 spiro atoms. The molecule has 0 N–H and O–H groups in total. The van der Waals surface area contributed by atoms with E-state index in [-0.39, 0.29) is 12.4 Å². The molecular formula is C7H9FN4. The van der Waals surface area contributed by atoms with E-state index in [0.717, 1.165) is 0 Å². The molecule has 1 rings (SSSR count). The highest BCUT2D eigenvalue weighted by molar-refractivity contribution is 5.07. The van der Waals surface area contributed by atoms with Gasteiger partial charge >= 0.3 is 0 Å². The van der Waals surface area contributed by atoms with Crippen LogP contribution < -0.4 is 0 Å². The Bertz CT molecular complexity index is 304. The predicted octanol–water partition coefficient (Wildman–Crippen LogP) is 0.898. The summed E-state index contributed by atoms with van der Waals surface area (Å²) in [6.45, 7) is 2.90. The minimum absolute atomic E-state index is 0.0515. The van der Waals surface area contributed by atoms with Crippen molar-refractivity contribution in [3.8, 4) is 6.07 Å². The summed E-state index contributed by atoms with van der Waals surface area (Å²) in [4.78, 5) is 3.64. The molecule has 0 amide bonds. The quantitative estimate of drug-likeness (QED) is 0.659. The molecule has 0 aromatic carbocycles. The lowest BCUT2D eigenvalue weighted by Gasteiger charge is -2.13. The zero-order valence-electron chi connectivity index (χ0n) is 6.95. The molecule has 0 radical (unpaired) electrons. The number of hydrogen-bond donors (Lipinski definition) is 0. The van der Waals surface area contributed by atoms with E-state index in [2.05, 4.69) is 10.1 Å². The molecular weight excluding hydrogens is 159 g/mol. The van der Waals surface area contributed by atoms with Gasteiger partial charge in [-0.2, -0.15) is 10.4 Å². The molecule has 1 aromatic rings. The van der Waals surface area contributed by atoms with Crippen LogP contribution in [-0.2, 0) is 6.54 Å². The first-order valence-corrected chi connectivity index (χ1v) is 3.50. The Hall–Kier alpha value is -1.44. The molecule has 1 aromatic heterocycles. The van der Waals surface area contributed by atoms with Crippen LogP contribution in [0, 0.1) is 11.3 Å². The molecule has 0 unspecified atom stereocenters. The van der Waals surface area contributed by atoms with Gasteiger partial charge in [0.25, 0.3) is 0 Å². The Morgan fingerprint density at radius 2 is 2.42 bits per heavy atom. The SMILES string of the molecule is CC(C)(F)Cn1ncnc1C#N. The number of alkyl halides is 1. The molecule has 0 atom stereocenters. The fraction of sp³-hybridized carbons (Fsp3) is 0.571. The van der Waals surface area contributed by atoms with Crippen molar-refractivity contribution < 1.29 is 4.39 Å². The van der Waals surface area contributed by atoms with Crippen molar-refractivity contribution in [2.24, 2.45) is 0 Å². The molecule has 4 nitrogen and oxygen atoms in total. The van der Waals surface area contributed by atoms with E-state index in [4.69, 9.17) is 5.26 Å². The maximum atomic E-state index is 13.1. The first-order valence-electron chi connectivity index (χ1n) is 3.50. The second kappa shape index (κ2) is 2.89. The van der Waals surface area contributed by atoms with Gasteiger partial charge in [0.1, 0.15) is 18.1 Å². The van der Waals surface area contributed by atoms with Crippen LogP contribution in [-0.4, -0.2) is 20.4 Å². The summed E-state index contributed by atoms with van der Waals surface area (Å²) in [7, 11) is 0. The lowest BCUT2D eigenvalue weighted by atomic mass is 10.2. The van der Waals surface area contributed by atoms with E-state index in [1.165, 1.54) is 24.9 Å². The summed E-state index contributed by atoms with van der Waals surface area (Å²) in [5.74, 6) is 0.140. The van der Waals surface area contributed by atoms with E-state index in [1.54, 1.807) is 0 Å². The molecule has 0 aliphatic carbocycles. The molecule has 0 fully saturated rings. The van der Waals surface area contributed by atoms with Crippen LogP contribution in [0.1, 0.15) is 19.7 Å². The summed E-state index contributed by atoms with van der Waals surface area (Å²) < 4.78 is 14.3. The Morgan fingerprint density at radius 3 is 2.92 bits per heavy atom. The van der Waals surface area contributed by atoms with Gasteiger partial charge in [0.2, 0.25) is 5.82 Å². The van der Waals surface area contributed by atoms with Crippen LogP contribution in [0.2, 0.25) is 0 Å². The third-order valence-electron chi connectivity index (χ3n) is 1.24. The predicted molar refractivity (Wildman–Crippen MR) is 39.9 cm³/mol. The van der Waals surface area contributed by atoms with Crippen molar-refractivity contribution in [1.82, 2.24) is 14.8 Å². The first kappa shape index (κ1) is 8.65. The zero-order chi connectivity index (χ0) is 9.19. The normalized spacial score (nSPS) is 11.2. The van der Waals surface area contributed by atoms with Gasteiger partial charge in [-0.05, 0) is 13.8 Å². The summed E-state index contributed by atoms with van der Waals surface area (Å²) in [5, 5.41) is 12.2. The Kier molecular flexibility index (Phi) is 2.09. The van der Waals surface area contributed by atoms with Crippen LogP contribution in [0.25, 0.3) is 0 Å². The number of rotatable bonds is 2. The number of nitriles is 1. The topological polar surface area (TPSA) is 54.5 Å². The Balaban J connectivity index is 2.84. The lowest BCUT2D eigenvalue weighted by Crippen LogP contribution is -2.22. The van der Waals surface area contributed by atoms with Crippen LogP contribution >= 0.6 is 0 Å². The minimum Gasteiger partial charge on any atom is -0.242 e. The molecule has 0 saturated carbocycles. The maximum absolute atomic E-state index is 13.1. The fourth-order valence-corrected chi connectivity index (χ4v) is 0.823. The second-order valence-electron chi connectivity index (χ2n) is 3.07. The third-order valence-corrected chi connectivity index (χ3v) is 1.24. The van der Waals surface area contributed by atoms with E-state index in [0.29, 0.717) is 0 Å². The molecule has 5 heteroatoms. The van der Waals surface area contributed by atoms with Crippen LogP contribution in [0.4, 0.5) is 4.39 Å². The second-order valence-corrected chi connectivity index (χ2v) is 3.07. The summed E-state index contributed by atoms with van der Waals surface area (Å²) in [5.41, 5.74) is -1.38.